The summed E-state index contributed by atoms with van der Waals surface area (Å²) in [6.45, 7) is 7.24. The van der Waals surface area contributed by atoms with Crippen LogP contribution in [0, 0.1) is 11.7 Å². The zero-order valence-corrected chi connectivity index (χ0v) is 11.4. The van der Waals surface area contributed by atoms with Crippen LogP contribution in [0.3, 0.4) is 0 Å². The Hall–Kier alpha value is -1.04. The van der Waals surface area contributed by atoms with Gasteiger partial charge < -0.3 is 9.84 Å². The standard InChI is InChI=1S/C14H21FN2O2/c1-10(8-17-5-6-19-9-11(17)2)14(18)13-4-3-12(15)7-16-13/h3-4,7,10-11,14,18H,5-6,8-9H2,1-2H3. The van der Waals surface area contributed by atoms with E-state index in [-0.39, 0.29) is 11.7 Å². The minimum atomic E-state index is -0.671. The normalized spacial score (nSPS) is 24.1. The fourth-order valence-electron chi connectivity index (χ4n) is 2.36. The number of hydrogen-bond acceptors (Lipinski definition) is 4. The first-order valence-corrected chi connectivity index (χ1v) is 6.69. The lowest BCUT2D eigenvalue weighted by Gasteiger charge is -2.35. The summed E-state index contributed by atoms with van der Waals surface area (Å²) in [4.78, 5) is 6.25. The van der Waals surface area contributed by atoms with Crippen LogP contribution in [-0.4, -0.2) is 47.3 Å². The van der Waals surface area contributed by atoms with E-state index in [2.05, 4.69) is 16.8 Å². The molecule has 1 aliphatic heterocycles. The van der Waals surface area contributed by atoms with E-state index in [0.29, 0.717) is 11.7 Å². The van der Waals surface area contributed by atoms with E-state index in [4.69, 9.17) is 4.74 Å². The second kappa shape index (κ2) is 6.41. The van der Waals surface area contributed by atoms with E-state index in [1.165, 1.54) is 6.07 Å². The minimum absolute atomic E-state index is 0.0403. The van der Waals surface area contributed by atoms with E-state index in [9.17, 15) is 9.50 Å². The predicted molar refractivity (Wildman–Crippen MR) is 70.2 cm³/mol. The molecule has 0 bridgehead atoms. The van der Waals surface area contributed by atoms with Gasteiger partial charge in [0.1, 0.15) is 5.82 Å². The third-order valence-electron chi connectivity index (χ3n) is 3.62. The number of aromatic nitrogens is 1. The van der Waals surface area contributed by atoms with Crippen molar-refractivity contribution in [3.8, 4) is 0 Å². The Balaban J connectivity index is 1.94. The molecule has 3 unspecified atom stereocenters. The van der Waals surface area contributed by atoms with Crippen LogP contribution >= 0.6 is 0 Å². The van der Waals surface area contributed by atoms with Gasteiger partial charge in [0.05, 0.1) is 31.2 Å². The van der Waals surface area contributed by atoms with Crippen LogP contribution in [0.2, 0.25) is 0 Å². The van der Waals surface area contributed by atoms with E-state index in [0.717, 1.165) is 32.5 Å². The van der Waals surface area contributed by atoms with Gasteiger partial charge in [0.25, 0.3) is 0 Å². The zero-order chi connectivity index (χ0) is 13.8. The molecule has 1 fully saturated rings. The fourth-order valence-corrected chi connectivity index (χ4v) is 2.36. The van der Waals surface area contributed by atoms with Gasteiger partial charge in [-0.1, -0.05) is 6.92 Å². The van der Waals surface area contributed by atoms with Crippen molar-refractivity contribution in [1.29, 1.82) is 0 Å². The number of nitrogens with zero attached hydrogens (tertiary/aromatic N) is 2. The topological polar surface area (TPSA) is 45.6 Å². The number of ether oxygens (including phenoxy) is 1. The molecule has 2 heterocycles. The van der Waals surface area contributed by atoms with Crippen molar-refractivity contribution in [1.82, 2.24) is 9.88 Å². The summed E-state index contributed by atoms with van der Waals surface area (Å²) >= 11 is 0. The molecule has 3 atom stereocenters. The SMILES string of the molecule is CC(CN1CCOCC1C)C(O)c1ccc(F)cn1. The van der Waals surface area contributed by atoms with Crippen LogP contribution in [0.5, 0.6) is 0 Å². The first-order valence-electron chi connectivity index (χ1n) is 6.69. The number of halogens is 1. The Bertz CT molecular complexity index is 399. The molecular weight excluding hydrogens is 247 g/mol. The van der Waals surface area contributed by atoms with E-state index >= 15 is 0 Å². The van der Waals surface area contributed by atoms with E-state index < -0.39 is 6.10 Å². The second-order valence-electron chi connectivity index (χ2n) is 5.24. The largest absolute Gasteiger partial charge is 0.386 e. The van der Waals surface area contributed by atoms with Crippen molar-refractivity contribution in [2.45, 2.75) is 26.0 Å². The van der Waals surface area contributed by atoms with Gasteiger partial charge in [-0.2, -0.15) is 0 Å². The Morgan fingerprint density at radius 2 is 2.37 bits per heavy atom. The molecule has 2 rings (SSSR count). The van der Waals surface area contributed by atoms with Crippen molar-refractivity contribution in [2.75, 3.05) is 26.3 Å². The first-order chi connectivity index (χ1) is 9.08. The van der Waals surface area contributed by atoms with Crippen LogP contribution in [0.4, 0.5) is 4.39 Å². The molecule has 4 nitrogen and oxygen atoms in total. The summed E-state index contributed by atoms with van der Waals surface area (Å²) < 4.78 is 18.2. The highest BCUT2D eigenvalue weighted by Gasteiger charge is 2.25. The predicted octanol–water partition coefficient (Wildman–Crippen LogP) is 1.61. The van der Waals surface area contributed by atoms with Crippen LogP contribution in [-0.2, 0) is 4.74 Å². The van der Waals surface area contributed by atoms with Crippen molar-refractivity contribution in [3.63, 3.8) is 0 Å². The number of aliphatic hydroxyl groups excluding tert-OH is 1. The van der Waals surface area contributed by atoms with Gasteiger partial charge in [-0.05, 0) is 19.1 Å². The highest BCUT2D eigenvalue weighted by molar-refractivity contribution is 5.09. The molecule has 1 saturated heterocycles. The van der Waals surface area contributed by atoms with Crippen LogP contribution in [0.1, 0.15) is 25.6 Å². The molecule has 0 radical (unpaired) electrons. The summed E-state index contributed by atoms with van der Waals surface area (Å²) in [5.41, 5.74) is 0.523. The molecule has 1 N–H and O–H groups in total. The van der Waals surface area contributed by atoms with E-state index in [1.807, 2.05) is 6.92 Å². The molecular formula is C14H21FN2O2. The third kappa shape index (κ3) is 3.72. The molecule has 106 valence electrons. The van der Waals surface area contributed by atoms with Gasteiger partial charge in [0.15, 0.2) is 0 Å². The van der Waals surface area contributed by atoms with Crippen molar-refractivity contribution < 1.29 is 14.2 Å². The quantitative estimate of drug-likeness (QED) is 0.901. The minimum Gasteiger partial charge on any atom is -0.386 e. The summed E-state index contributed by atoms with van der Waals surface area (Å²) in [5, 5.41) is 10.3. The van der Waals surface area contributed by atoms with Gasteiger partial charge in [0.2, 0.25) is 0 Å². The molecule has 0 aromatic carbocycles. The summed E-state index contributed by atoms with van der Waals surface area (Å²) in [7, 11) is 0. The molecule has 5 heteroatoms. The maximum Gasteiger partial charge on any atom is 0.141 e. The molecule has 1 aromatic rings. The molecule has 1 aliphatic rings. The Kier molecular flexibility index (Phi) is 4.85. The lowest BCUT2D eigenvalue weighted by molar-refractivity contribution is -0.0187. The molecule has 0 amide bonds. The number of rotatable bonds is 4. The Morgan fingerprint density at radius 1 is 1.58 bits per heavy atom. The van der Waals surface area contributed by atoms with Crippen LogP contribution < -0.4 is 0 Å². The second-order valence-corrected chi connectivity index (χ2v) is 5.24. The number of aliphatic hydroxyl groups is 1. The van der Waals surface area contributed by atoms with Crippen LogP contribution in [0.15, 0.2) is 18.3 Å². The fraction of sp³-hybridized carbons (Fsp3) is 0.643. The maximum atomic E-state index is 12.8. The number of pyridine rings is 1. The average Bonchev–Trinajstić information content (AvgIpc) is 2.41. The van der Waals surface area contributed by atoms with Crippen molar-refractivity contribution in [2.24, 2.45) is 5.92 Å². The molecule has 0 aliphatic carbocycles. The number of morpholine rings is 1. The van der Waals surface area contributed by atoms with Gasteiger partial charge in [-0.3, -0.25) is 9.88 Å². The molecule has 0 saturated carbocycles. The lowest BCUT2D eigenvalue weighted by Crippen LogP contribution is -2.46. The van der Waals surface area contributed by atoms with Gasteiger partial charge in [0, 0.05) is 25.0 Å². The number of hydrogen-bond donors (Lipinski definition) is 1. The Labute approximate surface area is 113 Å². The van der Waals surface area contributed by atoms with Crippen LogP contribution in [0.25, 0.3) is 0 Å². The summed E-state index contributed by atoms with van der Waals surface area (Å²) in [6.07, 6.45) is 0.471. The summed E-state index contributed by atoms with van der Waals surface area (Å²) in [6, 6.07) is 3.24. The molecule has 0 spiro atoms. The maximum absolute atomic E-state index is 12.8. The van der Waals surface area contributed by atoms with Crippen molar-refractivity contribution >= 4 is 0 Å². The zero-order valence-electron chi connectivity index (χ0n) is 11.4. The smallest absolute Gasteiger partial charge is 0.141 e. The van der Waals surface area contributed by atoms with E-state index in [1.54, 1.807) is 6.07 Å². The van der Waals surface area contributed by atoms with Gasteiger partial charge in [-0.25, -0.2) is 4.39 Å². The highest BCUT2D eigenvalue weighted by atomic mass is 19.1. The van der Waals surface area contributed by atoms with Gasteiger partial charge in [-0.15, -0.1) is 0 Å². The lowest BCUT2D eigenvalue weighted by atomic mass is 10.00. The Morgan fingerprint density at radius 3 is 3.00 bits per heavy atom. The monoisotopic (exact) mass is 268 g/mol. The van der Waals surface area contributed by atoms with Gasteiger partial charge >= 0.3 is 0 Å². The van der Waals surface area contributed by atoms with Crippen molar-refractivity contribution in [3.05, 3.63) is 29.8 Å². The summed E-state index contributed by atoms with van der Waals surface area (Å²) in [5.74, 6) is -0.344. The molecule has 1 aromatic heterocycles. The first kappa shape index (κ1) is 14.4. The molecule has 19 heavy (non-hydrogen) atoms. The highest BCUT2D eigenvalue weighted by Crippen LogP contribution is 2.22. The third-order valence-corrected chi connectivity index (χ3v) is 3.62. The average molecular weight is 268 g/mol.